The summed E-state index contributed by atoms with van der Waals surface area (Å²) in [6.45, 7) is 5.82. The Hall–Kier alpha value is -1.10. The van der Waals surface area contributed by atoms with Gasteiger partial charge in [0.25, 0.3) is 0 Å². The zero-order valence-corrected chi connectivity index (χ0v) is 10.2. The van der Waals surface area contributed by atoms with Gasteiger partial charge in [-0.1, -0.05) is 0 Å². The van der Waals surface area contributed by atoms with Crippen LogP contribution in [-0.4, -0.2) is 41.5 Å². The molecule has 1 aliphatic heterocycles. The minimum Gasteiger partial charge on any atom is -0.459 e. The molecule has 0 spiro atoms. The minimum absolute atomic E-state index is 0.0119. The average molecular weight is 228 g/mol. The summed E-state index contributed by atoms with van der Waals surface area (Å²) in [6, 6.07) is -0.0139. The van der Waals surface area contributed by atoms with Crippen LogP contribution in [0, 0.1) is 0 Å². The molecule has 0 saturated carbocycles. The summed E-state index contributed by atoms with van der Waals surface area (Å²) in [4.78, 5) is 24.6. The van der Waals surface area contributed by atoms with Gasteiger partial charge in [-0.2, -0.15) is 0 Å². The predicted octanol–water partition coefficient (Wildman–Crippen LogP) is 0.278. The molecule has 1 atom stereocenters. The van der Waals surface area contributed by atoms with Crippen LogP contribution in [0.4, 0.5) is 0 Å². The molecule has 1 heterocycles. The molecule has 5 nitrogen and oxygen atoms in total. The van der Waals surface area contributed by atoms with Gasteiger partial charge in [-0.05, 0) is 27.2 Å². The zero-order chi connectivity index (χ0) is 12.3. The van der Waals surface area contributed by atoms with E-state index in [0.717, 1.165) is 6.42 Å². The van der Waals surface area contributed by atoms with E-state index >= 15 is 0 Å². The van der Waals surface area contributed by atoms with Gasteiger partial charge in [-0.25, -0.2) is 0 Å². The van der Waals surface area contributed by atoms with Gasteiger partial charge in [-0.3, -0.25) is 9.59 Å². The number of ether oxygens (including phenoxy) is 1. The van der Waals surface area contributed by atoms with Crippen molar-refractivity contribution in [2.75, 3.05) is 13.1 Å². The first-order chi connectivity index (χ1) is 7.33. The highest BCUT2D eigenvalue weighted by atomic mass is 16.6. The van der Waals surface area contributed by atoms with Crippen LogP contribution in [0.15, 0.2) is 0 Å². The number of esters is 1. The third kappa shape index (κ3) is 3.48. The van der Waals surface area contributed by atoms with E-state index in [1.54, 1.807) is 20.8 Å². The molecule has 0 aromatic rings. The third-order valence-corrected chi connectivity index (χ3v) is 2.44. The summed E-state index contributed by atoms with van der Waals surface area (Å²) in [5.41, 5.74) is 5.03. The molecule has 1 aliphatic rings. The van der Waals surface area contributed by atoms with Gasteiger partial charge in [0.2, 0.25) is 5.91 Å². The van der Waals surface area contributed by atoms with Crippen molar-refractivity contribution in [1.82, 2.24) is 4.90 Å². The Kier molecular flexibility index (Phi) is 3.91. The molecule has 1 fully saturated rings. The number of hydrogen-bond donors (Lipinski definition) is 1. The predicted molar refractivity (Wildman–Crippen MR) is 59.6 cm³/mol. The lowest BCUT2D eigenvalue weighted by Gasteiger charge is -2.25. The number of amides is 1. The number of nitrogens with two attached hydrogens (primary N) is 1. The van der Waals surface area contributed by atoms with Crippen LogP contribution in [-0.2, 0) is 14.3 Å². The lowest BCUT2D eigenvalue weighted by molar-refractivity contribution is -0.158. The maximum absolute atomic E-state index is 11.6. The van der Waals surface area contributed by atoms with Gasteiger partial charge in [0.05, 0.1) is 0 Å². The smallest absolute Gasteiger partial charge is 0.326 e. The largest absolute Gasteiger partial charge is 0.459 e. The first-order valence-corrected chi connectivity index (χ1v) is 5.55. The Balaban J connectivity index is 2.52. The molecule has 0 bridgehead atoms. The van der Waals surface area contributed by atoms with E-state index in [9.17, 15) is 9.59 Å². The van der Waals surface area contributed by atoms with E-state index in [1.165, 1.54) is 4.90 Å². The van der Waals surface area contributed by atoms with Crippen LogP contribution in [0.5, 0.6) is 0 Å². The number of likely N-dealkylation sites (tertiary alicyclic amines) is 1. The highest BCUT2D eigenvalue weighted by molar-refractivity contribution is 5.84. The molecule has 2 N–H and O–H groups in total. The summed E-state index contributed by atoms with van der Waals surface area (Å²) < 4.78 is 5.17. The van der Waals surface area contributed by atoms with Crippen molar-refractivity contribution < 1.29 is 14.3 Å². The Morgan fingerprint density at radius 1 is 1.56 bits per heavy atom. The fourth-order valence-corrected chi connectivity index (χ4v) is 1.77. The van der Waals surface area contributed by atoms with Gasteiger partial charge < -0.3 is 15.4 Å². The fraction of sp³-hybridized carbons (Fsp3) is 0.818. The van der Waals surface area contributed by atoms with Crippen molar-refractivity contribution in [2.45, 2.75) is 45.3 Å². The first-order valence-electron chi connectivity index (χ1n) is 5.55. The number of rotatable bonds is 3. The summed E-state index contributed by atoms with van der Waals surface area (Å²) in [6.07, 6.45) is 1.21. The molecule has 0 aliphatic carbocycles. The summed E-state index contributed by atoms with van der Waals surface area (Å²) in [7, 11) is 0. The van der Waals surface area contributed by atoms with Gasteiger partial charge in [0.1, 0.15) is 12.1 Å². The van der Waals surface area contributed by atoms with Crippen LogP contribution in [0.1, 0.15) is 33.6 Å². The van der Waals surface area contributed by atoms with E-state index in [-0.39, 0.29) is 24.5 Å². The van der Waals surface area contributed by atoms with Crippen LogP contribution in [0.25, 0.3) is 0 Å². The Morgan fingerprint density at radius 3 is 2.69 bits per heavy atom. The molecule has 1 amide bonds. The quantitative estimate of drug-likeness (QED) is 0.704. The fourth-order valence-electron chi connectivity index (χ4n) is 1.77. The average Bonchev–Trinajstić information content (AvgIpc) is 2.44. The Morgan fingerprint density at radius 2 is 2.19 bits per heavy atom. The van der Waals surface area contributed by atoms with Gasteiger partial charge >= 0.3 is 5.97 Å². The molecule has 0 aromatic heterocycles. The molecule has 1 rings (SSSR count). The SMILES string of the molecule is CC(C)(C)OC(=O)CN1C(=O)CCC1CN. The van der Waals surface area contributed by atoms with Crippen LogP contribution >= 0.6 is 0 Å². The zero-order valence-electron chi connectivity index (χ0n) is 10.2. The topological polar surface area (TPSA) is 72.6 Å². The molecule has 0 aromatic carbocycles. The van der Waals surface area contributed by atoms with Gasteiger partial charge in [0, 0.05) is 19.0 Å². The maximum atomic E-state index is 11.6. The van der Waals surface area contributed by atoms with Crippen molar-refractivity contribution in [1.29, 1.82) is 0 Å². The molecule has 0 radical (unpaired) electrons. The maximum Gasteiger partial charge on any atom is 0.326 e. The van der Waals surface area contributed by atoms with Gasteiger partial charge in [-0.15, -0.1) is 0 Å². The molecular weight excluding hydrogens is 208 g/mol. The van der Waals surface area contributed by atoms with E-state index in [4.69, 9.17) is 10.5 Å². The van der Waals surface area contributed by atoms with Crippen molar-refractivity contribution in [2.24, 2.45) is 5.73 Å². The Labute approximate surface area is 95.9 Å². The van der Waals surface area contributed by atoms with Crippen molar-refractivity contribution >= 4 is 11.9 Å². The molecule has 16 heavy (non-hydrogen) atoms. The number of carbonyl (C=O) groups excluding carboxylic acids is 2. The van der Waals surface area contributed by atoms with E-state index in [2.05, 4.69) is 0 Å². The van der Waals surface area contributed by atoms with Crippen molar-refractivity contribution in [3.63, 3.8) is 0 Å². The molecule has 5 heteroatoms. The van der Waals surface area contributed by atoms with Gasteiger partial charge in [0.15, 0.2) is 0 Å². The molecule has 1 saturated heterocycles. The normalized spacial score (nSPS) is 21.4. The highest BCUT2D eigenvalue weighted by Gasteiger charge is 2.32. The van der Waals surface area contributed by atoms with Crippen LogP contribution < -0.4 is 5.73 Å². The molecule has 92 valence electrons. The highest BCUT2D eigenvalue weighted by Crippen LogP contribution is 2.18. The summed E-state index contributed by atoms with van der Waals surface area (Å²) in [5, 5.41) is 0. The lowest BCUT2D eigenvalue weighted by atomic mass is 10.2. The third-order valence-electron chi connectivity index (χ3n) is 2.44. The molecular formula is C11H20N2O3. The van der Waals surface area contributed by atoms with Crippen molar-refractivity contribution in [3.05, 3.63) is 0 Å². The second kappa shape index (κ2) is 4.82. The monoisotopic (exact) mass is 228 g/mol. The van der Waals surface area contributed by atoms with E-state index < -0.39 is 5.60 Å². The lowest BCUT2D eigenvalue weighted by Crippen LogP contribution is -2.43. The standard InChI is InChI=1S/C11H20N2O3/c1-11(2,3)16-10(15)7-13-8(6-12)4-5-9(13)14/h8H,4-7,12H2,1-3H3. The number of hydrogen-bond acceptors (Lipinski definition) is 4. The van der Waals surface area contributed by atoms with E-state index in [0.29, 0.717) is 13.0 Å². The second-order valence-corrected chi connectivity index (χ2v) is 5.04. The Bertz CT molecular complexity index is 283. The van der Waals surface area contributed by atoms with Crippen LogP contribution in [0.2, 0.25) is 0 Å². The summed E-state index contributed by atoms with van der Waals surface area (Å²) >= 11 is 0. The second-order valence-electron chi connectivity index (χ2n) is 5.04. The minimum atomic E-state index is -0.516. The first kappa shape index (κ1) is 13.0. The van der Waals surface area contributed by atoms with E-state index in [1.807, 2.05) is 0 Å². The number of nitrogens with zero attached hydrogens (tertiary/aromatic N) is 1. The summed E-state index contributed by atoms with van der Waals surface area (Å²) in [5.74, 6) is -0.387. The molecule has 1 unspecified atom stereocenters. The van der Waals surface area contributed by atoms with Crippen LogP contribution in [0.3, 0.4) is 0 Å². The van der Waals surface area contributed by atoms with Crippen molar-refractivity contribution in [3.8, 4) is 0 Å². The number of carbonyl (C=O) groups is 2.